The highest BCUT2D eigenvalue weighted by molar-refractivity contribution is 7.98. The number of benzene rings is 2. The highest BCUT2D eigenvalue weighted by atomic mass is 32.2. The van der Waals surface area contributed by atoms with E-state index >= 15 is 0 Å². The van der Waals surface area contributed by atoms with Crippen molar-refractivity contribution in [3.8, 4) is 5.75 Å². The zero-order valence-electron chi connectivity index (χ0n) is 12.0. The first-order valence-electron chi connectivity index (χ1n) is 6.84. The Morgan fingerprint density at radius 2 is 1.75 bits per heavy atom. The van der Waals surface area contributed by atoms with Gasteiger partial charge in [-0.1, -0.05) is 42.5 Å². The highest BCUT2D eigenvalue weighted by Gasteiger charge is 2.14. The van der Waals surface area contributed by atoms with E-state index in [1.807, 2.05) is 31.3 Å². The standard InChI is InChI=1S/C17H21NOS/c1-18-13-12-15(14-8-4-3-5-9-14)19-16-10-6-7-11-17(16)20-2/h3-11,15,18H,12-13H2,1-2H3/t15-/m0/s1. The summed E-state index contributed by atoms with van der Waals surface area (Å²) in [5, 5.41) is 3.20. The fraction of sp³-hybridized carbons (Fsp3) is 0.294. The Morgan fingerprint density at radius 1 is 1.05 bits per heavy atom. The molecule has 2 aromatic rings. The molecule has 0 bridgehead atoms. The van der Waals surface area contributed by atoms with E-state index < -0.39 is 0 Å². The zero-order valence-corrected chi connectivity index (χ0v) is 12.8. The molecule has 1 N–H and O–H groups in total. The van der Waals surface area contributed by atoms with Crippen molar-refractivity contribution in [1.29, 1.82) is 0 Å². The SMILES string of the molecule is CNCC[C@H](Oc1ccccc1SC)c1ccccc1. The van der Waals surface area contributed by atoms with Gasteiger partial charge in [0, 0.05) is 11.3 Å². The van der Waals surface area contributed by atoms with E-state index in [1.165, 1.54) is 10.5 Å². The molecule has 106 valence electrons. The fourth-order valence-electron chi connectivity index (χ4n) is 2.11. The molecule has 0 radical (unpaired) electrons. The summed E-state index contributed by atoms with van der Waals surface area (Å²) in [7, 11) is 1.97. The number of para-hydroxylation sites is 1. The van der Waals surface area contributed by atoms with Crippen LogP contribution in [0.3, 0.4) is 0 Å². The molecule has 0 unspecified atom stereocenters. The Kier molecular flexibility index (Phi) is 5.96. The molecule has 0 heterocycles. The van der Waals surface area contributed by atoms with Gasteiger partial charge < -0.3 is 10.1 Å². The molecular formula is C17H21NOS. The van der Waals surface area contributed by atoms with Crippen LogP contribution in [-0.2, 0) is 0 Å². The van der Waals surface area contributed by atoms with Crippen LogP contribution in [0.2, 0.25) is 0 Å². The molecule has 0 aliphatic carbocycles. The molecule has 2 aromatic carbocycles. The predicted octanol–water partition coefficient (Wildman–Crippen LogP) is 4.14. The summed E-state index contributed by atoms with van der Waals surface area (Å²) in [6.45, 7) is 0.932. The Hall–Kier alpha value is -1.45. The Morgan fingerprint density at radius 3 is 2.45 bits per heavy atom. The van der Waals surface area contributed by atoms with Crippen molar-refractivity contribution in [2.45, 2.75) is 17.4 Å². The number of ether oxygens (including phenoxy) is 1. The minimum atomic E-state index is 0.0805. The normalized spacial score (nSPS) is 12.1. The minimum Gasteiger partial charge on any atom is -0.485 e. The van der Waals surface area contributed by atoms with E-state index in [9.17, 15) is 0 Å². The lowest BCUT2D eigenvalue weighted by Gasteiger charge is -2.21. The summed E-state index contributed by atoms with van der Waals surface area (Å²) in [6.07, 6.45) is 3.10. The lowest BCUT2D eigenvalue weighted by Crippen LogP contribution is -2.16. The van der Waals surface area contributed by atoms with Gasteiger partial charge in [0.1, 0.15) is 11.9 Å². The lowest BCUT2D eigenvalue weighted by atomic mass is 10.1. The van der Waals surface area contributed by atoms with Crippen molar-refractivity contribution < 1.29 is 4.74 Å². The van der Waals surface area contributed by atoms with Gasteiger partial charge in [0.05, 0.1) is 0 Å². The first-order chi connectivity index (χ1) is 9.85. The largest absolute Gasteiger partial charge is 0.485 e. The maximum absolute atomic E-state index is 6.26. The van der Waals surface area contributed by atoms with Crippen LogP contribution in [0.15, 0.2) is 59.5 Å². The van der Waals surface area contributed by atoms with E-state index in [4.69, 9.17) is 4.74 Å². The number of thioether (sulfide) groups is 1. The average molecular weight is 287 g/mol. The molecule has 0 aliphatic heterocycles. The smallest absolute Gasteiger partial charge is 0.133 e. The van der Waals surface area contributed by atoms with Crippen LogP contribution in [0.25, 0.3) is 0 Å². The van der Waals surface area contributed by atoms with Gasteiger partial charge in [-0.2, -0.15) is 0 Å². The molecule has 2 nitrogen and oxygen atoms in total. The molecule has 0 amide bonds. The second kappa shape index (κ2) is 7.98. The third-order valence-electron chi connectivity index (χ3n) is 3.17. The van der Waals surface area contributed by atoms with E-state index in [0.717, 1.165) is 18.7 Å². The molecule has 0 aliphatic rings. The molecule has 1 atom stereocenters. The summed E-state index contributed by atoms with van der Waals surface area (Å²) in [6, 6.07) is 18.6. The Balaban J connectivity index is 2.19. The summed E-state index contributed by atoms with van der Waals surface area (Å²) in [4.78, 5) is 1.18. The summed E-state index contributed by atoms with van der Waals surface area (Å²) in [5.74, 6) is 0.963. The first kappa shape index (κ1) is 14.9. The van der Waals surface area contributed by atoms with E-state index in [2.05, 4.69) is 41.9 Å². The first-order valence-corrected chi connectivity index (χ1v) is 8.07. The van der Waals surface area contributed by atoms with Crippen LogP contribution >= 0.6 is 11.8 Å². The summed E-state index contributed by atoms with van der Waals surface area (Å²) >= 11 is 1.72. The van der Waals surface area contributed by atoms with Crippen molar-refractivity contribution in [3.63, 3.8) is 0 Å². The molecule has 20 heavy (non-hydrogen) atoms. The summed E-state index contributed by atoms with van der Waals surface area (Å²) < 4.78 is 6.26. The van der Waals surface area contributed by atoms with Crippen LogP contribution in [0.1, 0.15) is 18.1 Å². The van der Waals surface area contributed by atoms with Crippen LogP contribution in [0, 0.1) is 0 Å². The van der Waals surface area contributed by atoms with Crippen molar-refractivity contribution in [2.75, 3.05) is 19.8 Å². The Labute approximate surface area is 125 Å². The molecule has 3 heteroatoms. The van der Waals surface area contributed by atoms with Gasteiger partial charge in [-0.15, -0.1) is 11.8 Å². The van der Waals surface area contributed by atoms with E-state index in [-0.39, 0.29) is 6.10 Å². The average Bonchev–Trinajstić information content (AvgIpc) is 2.52. The van der Waals surface area contributed by atoms with Gasteiger partial charge in [0.2, 0.25) is 0 Å². The quantitative estimate of drug-likeness (QED) is 0.773. The number of nitrogens with one attached hydrogen (secondary N) is 1. The van der Waals surface area contributed by atoms with Gasteiger partial charge in [0.15, 0.2) is 0 Å². The van der Waals surface area contributed by atoms with Gasteiger partial charge >= 0.3 is 0 Å². The van der Waals surface area contributed by atoms with Crippen molar-refractivity contribution in [1.82, 2.24) is 5.32 Å². The summed E-state index contributed by atoms with van der Waals surface area (Å²) in [5.41, 5.74) is 1.22. The molecule has 0 saturated heterocycles. The second-order valence-electron chi connectivity index (χ2n) is 4.56. The second-order valence-corrected chi connectivity index (χ2v) is 5.41. The van der Waals surface area contributed by atoms with Crippen molar-refractivity contribution >= 4 is 11.8 Å². The van der Waals surface area contributed by atoms with Crippen LogP contribution in [0.4, 0.5) is 0 Å². The van der Waals surface area contributed by atoms with Gasteiger partial charge in [-0.3, -0.25) is 0 Å². The number of hydrogen-bond donors (Lipinski definition) is 1. The minimum absolute atomic E-state index is 0.0805. The predicted molar refractivity (Wildman–Crippen MR) is 86.6 cm³/mol. The number of hydrogen-bond acceptors (Lipinski definition) is 3. The van der Waals surface area contributed by atoms with E-state index in [0.29, 0.717) is 0 Å². The van der Waals surface area contributed by atoms with Crippen LogP contribution in [-0.4, -0.2) is 19.8 Å². The van der Waals surface area contributed by atoms with Crippen LogP contribution in [0.5, 0.6) is 5.75 Å². The topological polar surface area (TPSA) is 21.3 Å². The maximum atomic E-state index is 6.26. The highest BCUT2D eigenvalue weighted by Crippen LogP contribution is 2.32. The van der Waals surface area contributed by atoms with Crippen LogP contribution < -0.4 is 10.1 Å². The number of rotatable bonds is 7. The van der Waals surface area contributed by atoms with Crippen molar-refractivity contribution in [3.05, 3.63) is 60.2 Å². The molecule has 0 saturated carbocycles. The molecule has 2 rings (SSSR count). The van der Waals surface area contributed by atoms with Gasteiger partial charge in [-0.25, -0.2) is 0 Å². The van der Waals surface area contributed by atoms with Crippen molar-refractivity contribution in [2.24, 2.45) is 0 Å². The maximum Gasteiger partial charge on any atom is 0.133 e. The molecular weight excluding hydrogens is 266 g/mol. The monoisotopic (exact) mass is 287 g/mol. The third kappa shape index (κ3) is 4.02. The fourth-order valence-corrected chi connectivity index (χ4v) is 2.64. The van der Waals surface area contributed by atoms with Gasteiger partial charge in [-0.05, 0) is 37.5 Å². The third-order valence-corrected chi connectivity index (χ3v) is 3.94. The van der Waals surface area contributed by atoms with Gasteiger partial charge in [0.25, 0.3) is 0 Å². The molecule has 0 fully saturated rings. The Bertz CT molecular complexity index is 515. The molecule has 0 spiro atoms. The molecule has 0 aromatic heterocycles. The van der Waals surface area contributed by atoms with E-state index in [1.54, 1.807) is 11.8 Å². The lowest BCUT2D eigenvalue weighted by molar-refractivity contribution is 0.190. The zero-order chi connectivity index (χ0) is 14.2.